The van der Waals surface area contributed by atoms with Gasteiger partial charge in [-0.15, -0.1) is 0 Å². The number of hydrogen-bond donors (Lipinski definition) is 2. The van der Waals surface area contributed by atoms with Crippen LogP contribution >= 0.6 is 0 Å². The van der Waals surface area contributed by atoms with Crippen molar-refractivity contribution >= 4 is 27.6 Å². The van der Waals surface area contributed by atoms with Crippen molar-refractivity contribution in [1.82, 2.24) is 9.88 Å². The van der Waals surface area contributed by atoms with Crippen LogP contribution in [0.2, 0.25) is 0 Å². The van der Waals surface area contributed by atoms with E-state index in [1.807, 2.05) is 0 Å². The number of methoxy groups -OCH3 is 1. The lowest BCUT2D eigenvalue weighted by atomic mass is 10.2. The van der Waals surface area contributed by atoms with Gasteiger partial charge in [0.2, 0.25) is 0 Å². The van der Waals surface area contributed by atoms with E-state index >= 15 is 0 Å². The summed E-state index contributed by atoms with van der Waals surface area (Å²) in [6, 6.07) is 4.17. The fourth-order valence-electron chi connectivity index (χ4n) is 2.12. The highest BCUT2D eigenvalue weighted by molar-refractivity contribution is 7.92. The summed E-state index contributed by atoms with van der Waals surface area (Å²) in [6.07, 6.45) is 1.24. The Morgan fingerprint density at radius 2 is 1.92 bits per heavy atom. The van der Waals surface area contributed by atoms with E-state index in [4.69, 9.17) is 0 Å². The molecule has 2 rings (SSSR count). The Kier molecular flexibility index (Phi) is 5.12. The van der Waals surface area contributed by atoms with Crippen molar-refractivity contribution in [3.63, 3.8) is 0 Å². The number of rotatable bonds is 5. The average molecular weight is 369 g/mol. The smallest absolute Gasteiger partial charge is 0.340 e. The number of amides is 1. The molecule has 0 unspecified atom stereocenters. The molecular weight excluding hydrogens is 353 g/mol. The summed E-state index contributed by atoms with van der Waals surface area (Å²) in [4.78, 5) is 23.2. The Labute approximate surface area is 143 Å². The number of hydrogen-bond acceptors (Lipinski definition) is 5. The topological polar surface area (TPSA) is 106 Å². The highest BCUT2D eigenvalue weighted by atomic mass is 32.2. The maximum absolute atomic E-state index is 13.4. The number of esters is 1. The van der Waals surface area contributed by atoms with Crippen molar-refractivity contribution in [3.8, 4) is 0 Å². The van der Waals surface area contributed by atoms with Crippen LogP contribution in [0, 0.1) is 5.82 Å². The summed E-state index contributed by atoms with van der Waals surface area (Å²) in [5.41, 5.74) is -0.276. The first-order chi connectivity index (χ1) is 11.7. The van der Waals surface area contributed by atoms with E-state index in [-0.39, 0.29) is 21.8 Å². The molecule has 0 spiro atoms. The number of halogens is 1. The third kappa shape index (κ3) is 3.79. The minimum atomic E-state index is -4.11. The predicted octanol–water partition coefficient (Wildman–Crippen LogP) is 1.11. The second-order valence-electron chi connectivity index (χ2n) is 5.04. The van der Waals surface area contributed by atoms with Gasteiger partial charge in [0, 0.05) is 20.3 Å². The number of anilines is 1. The second kappa shape index (κ2) is 6.93. The summed E-state index contributed by atoms with van der Waals surface area (Å²) < 4.78 is 46.5. The van der Waals surface area contributed by atoms with E-state index in [9.17, 15) is 22.4 Å². The SMILES string of the molecule is CNC(=O)c1cc(S(=O)(=O)Nc2ccc(F)cc2C(=O)OC)cn1C. The summed E-state index contributed by atoms with van der Waals surface area (Å²) in [5, 5.41) is 2.40. The van der Waals surface area contributed by atoms with Gasteiger partial charge in [-0.3, -0.25) is 9.52 Å². The molecule has 2 aromatic rings. The molecule has 0 bridgehead atoms. The summed E-state index contributed by atoms with van der Waals surface area (Å²) in [7, 11) is -0.0845. The van der Waals surface area contributed by atoms with Crippen LogP contribution in [0.3, 0.4) is 0 Å². The van der Waals surface area contributed by atoms with E-state index in [1.165, 1.54) is 30.9 Å². The third-order valence-electron chi connectivity index (χ3n) is 3.38. The number of carbonyl (C=O) groups excluding carboxylic acids is 2. The molecule has 10 heteroatoms. The van der Waals surface area contributed by atoms with Gasteiger partial charge in [-0.1, -0.05) is 0 Å². The molecule has 0 saturated heterocycles. The van der Waals surface area contributed by atoms with Gasteiger partial charge in [0.1, 0.15) is 16.4 Å². The molecule has 25 heavy (non-hydrogen) atoms. The molecule has 0 aliphatic carbocycles. The lowest BCUT2D eigenvalue weighted by Gasteiger charge is -2.10. The number of benzene rings is 1. The molecular formula is C15H16FN3O5S. The highest BCUT2D eigenvalue weighted by Crippen LogP contribution is 2.23. The van der Waals surface area contributed by atoms with Gasteiger partial charge in [0.15, 0.2) is 0 Å². The number of nitrogens with one attached hydrogen (secondary N) is 2. The molecule has 1 amide bonds. The number of aromatic nitrogens is 1. The first kappa shape index (κ1) is 18.5. The lowest BCUT2D eigenvalue weighted by Crippen LogP contribution is -2.20. The molecule has 0 aliphatic rings. The van der Waals surface area contributed by atoms with Crippen molar-refractivity contribution in [2.75, 3.05) is 18.9 Å². The van der Waals surface area contributed by atoms with Gasteiger partial charge in [0.25, 0.3) is 15.9 Å². The van der Waals surface area contributed by atoms with Crippen LogP contribution in [0.5, 0.6) is 0 Å². The Hall–Kier alpha value is -2.88. The monoisotopic (exact) mass is 369 g/mol. The summed E-state index contributed by atoms with van der Waals surface area (Å²) in [6.45, 7) is 0. The largest absolute Gasteiger partial charge is 0.465 e. The Morgan fingerprint density at radius 3 is 2.52 bits per heavy atom. The maximum Gasteiger partial charge on any atom is 0.340 e. The zero-order valence-corrected chi connectivity index (χ0v) is 14.5. The van der Waals surface area contributed by atoms with Crippen LogP contribution in [0.1, 0.15) is 20.8 Å². The van der Waals surface area contributed by atoms with Gasteiger partial charge >= 0.3 is 5.97 Å². The number of carbonyl (C=O) groups is 2. The Bertz CT molecular complexity index is 937. The quantitative estimate of drug-likeness (QED) is 0.768. The zero-order chi connectivity index (χ0) is 18.8. The minimum absolute atomic E-state index is 0.134. The molecule has 2 N–H and O–H groups in total. The fourth-order valence-corrected chi connectivity index (χ4v) is 3.27. The molecule has 0 atom stereocenters. The molecule has 8 nitrogen and oxygen atoms in total. The molecule has 1 heterocycles. The van der Waals surface area contributed by atoms with Crippen LogP contribution in [0.4, 0.5) is 10.1 Å². The van der Waals surface area contributed by atoms with Crippen LogP contribution in [0.15, 0.2) is 35.4 Å². The van der Waals surface area contributed by atoms with Gasteiger partial charge in [-0.25, -0.2) is 17.6 Å². The van der Waals surface area contributed by atoms with Crippen molar-refractivity contribution < 1.29 is 27.1 Å². The van der Waals surface area contributed by atoms with Crippen LogP contribution < -0.4 is 10.0 Å². The van der Waals surface area contributed by atoms with Crippen LogP contribution in [-0.4, -0.2) is 39.0 Å². The fraction of sp³-hybridized carbons (Fsp3) is 0.200. The zero-order valence-electron chi connectivity index (χ0n) is 13.7. The molecule has 0 aliphatic heterocycles. The van der Waals surface area contributed by atoms with E-state index in [2.05, 4.69) is 14.8 Å². The van der Waals surface area contributed by atoms with Gasteiger partial charge in [-0.2, -0.15) is 0 Å². The Morgan fingerprint density at radius 1 is 1.24 bits per heavy atom. The van der Waals surface area contributed by atoms with E-state index in [0.717, 1.165) is 25.3 Å². The first-order valence-corrected chi connectivity index (χ1v) is 8.47. The van der Waals surface area contributed by atoms with Gasteiger partial charge in [0.05, 0.1) is 18.4 Å². The maximum atomic E-state index is 13.4. The molecule has 0 fully saturated rings. The number of ether oxygens (including phenoxy) is 1. The summed E-state index contributed by atoms with van der Waals surface area (Å²) >= 11 is 0. The van der Waals surface area contributed by atoms with Gasteiger partial charge < -0.3 is 14.6 Å². The third-order valence-corrected chi connectivity index (χ3v) is 4.71. The van der Waals surface area contributed by atoms with E-state index < -0.39 is 27.7 Å². The first-order valence-electron chi connectivity index (χ1n) is 6.98. The normalized spacial score (nSPS) is 11.0. The number of nitrogens with zero attached hydrogens (tertiary/aromatic N) is 1. The number of sulfonamides is 1. The van der Waals surface area contributed by atoms with Crippen molar-refractivity contribution in [3.05, 3.63) is 47.5 Å². The summed E-state index contributed by atoms with van der Waals surface area (Å²) in [5.74, 6) is -2.07. The minimum Gasteiger partial charge on any atom is -0.465 e. The predicted molar refractivity (Wildman–Crippen MR) is 87.4 cm³/mol. The van der Waals surface area contributed by atoms with Crippen molar-refractivity contribution in [2.45, 2.75) is 4.90 Å². The van der Waals surface area contributed by atoms with Crippen LogP contribution in [0.25, 0.3) is 0 Å². The van der Waals surface area contributed by atoms with E-state index in [1.54, 1.807) is 0 Å². The highest BCUT2D eigenvalue weighted by Gasteiger charge is 2.23. The molecule has 0 saturated carbocycles. The molecule has 134 valence electrons. The van der Waals surface area contributed by atoms with Crippen molar-refractivity contribution in [1.29, 1.82) is 0 Å². The Balaban J connectivity index is 2.43. The van der Waals surface area contributed by atoms with Crippen molar-refractivity contribution in [2.24, 2.45) is 7.05 Å². The molecule has 1 aromatic carbocycles. The van der Waals surface area contributed by atoms with E-state index in [0.29, 0.717) is 0 Å². The second-order valence-corrected chi connectivity index (χ2v) is 6.72. The number of aryl methyl sites for hydroxylation is 1. The molecule has 1 aromatic heterocycles. The lowest BCUT2D eigenvalue weighted by molar-refractivity contribution is 0.0601. The average Bonchev–Trinajstić information content (AvgIpc) is 2.97. The molecule has 0 radical (unpaired) electrons. The standard InChI is InChI=1S/C15H16FN3O5S/c1-17-14(20)13-7-10(8-19(13)2)25(22,23)18-12-5-4-9(16)6-11(12)15(21)24-3/h4-8,18H,1-3H3,(H,17,20). The van der Waals surface area contributed by atoms with Crippen LogP contribution in [-0.2, 0) is 21.8 Å². The van der Waals surface area contributed by atoms with Gasteiger partial charge in [-0.05, 0) is 24.3 Å².